The number of hydrazine groups is 1. The van der Waals surface area contributed by atoms with Crippen molar-refractivity contribution in [3.05, 3.63) is 107 Å². The number of ether oxygens (including phenoxy) is 1. The second-order valence-corrected chi connectivity index (χ2v) is 12.8. The first-order chi connectivity index (χ1) is 23.1. The number of fused-ring (bicyclic) bond motifs is 4. The fourth-order valence-corrected chi connectivity index (χ4v) is 8.22. The third-order valence-electron chi connectivity index (χ3n) is 10.4. The zero-order valence-electron chi connectivity index (χ0n) is 26.3. The number of carbonyl (C=O) groups excluding carboxylic acids is 5. The van der Waals surface area contributed by atoms with E-state index in [0.29, 0.717) is 21.7 Å². The number of phenolic OH excluding ortho intramolecular Hbond substituents is 1. The predicted molar refractivity (Wildman–Crippen MR) is 175 cm³/mol. The third-order valence-corrected chi connectivity index (χ3v) is 10.4. The minimum Gasteiger partial charge on any atom is -0.504 e. The summed E-state index contributed by atoms with van der Waals surface area (Å²) in [6, 6.07) is 20.2. The maximum absolute atomic E-state index is 15.0. The minimum atomic E-state index is -1.42. The number of anilines is 1. The van der Waals surface area contributed by atoms with E-state index in [1.807, 2.05) is 61.5 Å². The van der Waals surface area contributed by atoms with Crippen LogP contribution in [0, 0.1) is 36.5 Å². The number of amides is 6. The molecule has 0 radical (unpaired) electrons. The van der Waals surface area contributed by atoms with Crippen LogP contribution in [-0.4, -0.2) is 51.8 Å². The number of nitrogens with one attached hydrogen (secondary N) is 1. The number of hydrogen-bond acceptors (Lipinski definition) is 8. The molecular formula is C37H34N4O7. The molecule has 11 heteroatoms. The number of aromatic hydroxyl groups is 1. The van der Waals surface area contributed by atoms with E-state index in [2.05, 4.69) is 5.43 Å². The summed E-state index contributed by atoms with van der Waals surface area (Å²) in [5, 5.41) is 11.3. The Morgan fingerprint density at radius 1 is 0.979 bits per heavy atom. The van der Waals surface area contributed by atoms with Crippen LogP contribution in [0.5, 0.6) is 11.5 Å². The topological polar surface area (TPSA) is 159 Å². The summed E-state index contributed by atoms with van der Waals surface area (Å²) in [6.45, 7) is 1.94. The summed E-state index contributed by atoms with van der Waals surface area (Å²) in [7, 11) is 1.44. The van der Waals surface area contributed by atoms with Gasteiger partial charge in [0.15, 0.2) is 11.5 Å². The molecule has 4 N–H and O–H groups in total. The van der Waals surface area contributed by atoms with Gasteiger partial charge in [-0.2, -0.15) is 9.91 Å². The Bertz CT molecular complexity index is 1920. The molecule has 2 heterocycles. The van der Waals surface area contributed by atoms with Crippen molar-refractivity contribution in [3.8, 4) is 11.5 Å². The number of primary amides is 1. The molecule has 6 amide bonds. The number of urea groups is 1. The average Bonchev–Trinajstić information content (AvgIpc) is 3.47. The van der Waals surface area contributed by atoms with Gasteiger partial charge in [-0.05, 0) is 61.1 Å². The highest BCUT2D eigenvalue weighted by atomic mass is 16.5. The van der Waals surface area contributed by atoms with Crippen molar-refractivity contribution in [1.82, 2.24) is 9.91 Å². The zero-order chi connectivity index (χ0) is 33.9. The number of carbonyl (C=O) groups is 5. The quantitative estimate of drug-likeness (QED) is 0.264. The Morgan fingerprint density at radius 3 is 2.40 bits per heavy atom. The van der Waals surface area contributed by atoms with Crippen molar-refractivity contribution in [3.63, 3.8) is 0 Å². The summed E-state index contributed by atoms with van der Waals surface area (Å²) < 4.78 is 5.31. The van der Waals surface area contributed by atoms with Gasteiger partial charge in [0.25, 0.3) is 11.8 Å². The molecule has 0 bridgehead atoms. The number of imide groups is 4. The first-order valence-corrected chi connectivity index (χ1v) is 15.8. The molecule has 2 aliphatic heterocycles. The van der Waals surface area contributed by atoms with Gasteiger partial charge in [-0.25, -0.2) is 4.79 Å². The van der Waals surface area contributed by atoms with Crippen LogP contribution in [0.1, 0.15) is 29.5 Å². The number of likely N-dealkylation sites (tertiary alicyclic amines) is 1. The second kappa shape index (κ2) is 11.5. The van der Waals surface area contributed by atoms with E-state index in [0.717, 1.165) is 16.1 Å². The van der Waals surface area contributed by atoms with Crippen LogP contribution in [0.25, 0.3) is 6.08 Å². The maximum atomic E-state index is 15.0. The highest BCUT2D eigenvalue weighted by molar-refractivity contribution is 6.17. The summed E-state index contributed by atoms with van der Waals surface area (Å²) in [6.07, 6.45) is 5.82. The normalized spacial score (nSPS) is 27.9. The van der Waals surface area contributed by atoms with Crippen LogP contribution in [0.15, 0.2) is 90.5 Å². The van der Waals surface area contributed by atoms with Crippen LogP contribution in [-0.2, 0) is 24.6 Å². The molecule has 3 aromatic rings. The van der Waals surface area contributed by atoms with Gasteiger partial charge in [0.2, 0.25) is 11.8 Å². The van der Waals surface area contributed by atoms with Crippen LogP contribution in [0.4, 0.5) is 10.5 Å². The average molecular weight is 647 g/mol. The molecular weight excluding hydrogens is 612 g/mol. The summed E-state index contributed by atoms with van der Waals surface area (Å²) >= 11 is 0. The fraction of sp³-hybridized carbons (Fsp3) is 0.270. The molecule has 48 heavy (non-hydrogen) atoms. The first kappa shape index (κ1) is 30.9. The number of hydrogen-bond donors (Lipinski definition) is 3. The first-order valence-electron chi connectivity index (χ1n) is 15.8. The molecule has 2 saturated heterocycles. The van der Waals surface area contributed by atoms with Gasteiger partial charge in [0.1, 0.15) is 0 Å². The lowest BCUT2D eigenvalue weighted by atomic mass is 9.50. The number of phenols is 1. The second-order valence-electron chi connectivity index (χ2n) is 12.8. The third kappa shape index (κ3) is 4.52. The van der Waals surface area contributed by atoms with Gasteiger partial charge in [0, 0.05) is 5.92 Å². The predicted octanol–water partition coefficient (Wildman–Crippen LogP) is 4.32. The Balaban J connectivity index is 1.42. The number of allylic oxidation sites excluding steroid dienone is 3. The molecule has 244 valence electrons. The minimum absolute atomic E-state index is 0.0351. The smallest absolute Gasteiger partial charge is 0.328 e. The van der Waals surface area contributed by atoms with Gasteiger partial charge in [0.05, 0.1) is 36.0 Å². The maximum Gasteiger partial charge on any atom is 0.328 e. The van der Waals surface area contributed by atoms with Crippen molar-refractivity contribution >= 4 is 41.4 Å². The largest absolute Gasteiger partial charge is 0.504 e. The molecule has 1 saturated carbocycles. The molecule has 4 aliphatic rings. The molecule has 11 nitrogen and oxygen atoms in total. The summed E-state index contributed by atoms with van der Waals surface area (Å²) in [4.78, 5) is 69.2. The van der Waals surface area contributed by atoms with E-state index < -0.39 is 64.7 Å². The zero-order valence-corrected chi connectivity index (χ0v) is 26.3. The van der Waals surface area contributed by atoms with Crippen molar-refractivity contribution < 1.29 is 33.8 Å². The lowest BCUT2D eigenvalue weighted by molar-refractivity contribution is -0.139. The van der Waals surface area contributed by atoms with Crippen molar-refractivity contribution in [2.24, 2.45) is 35.3 Å². The van der Waals surface area contributed by atoms with E-state index in [-0.39, 0.29) is 24.3 Å². The molecule has 3 fully saturated rings. The van der Waals surface area contributed by atoms with Crippen LogP contribution in [0.2, 0.25) is 0 Å². The molecule has 6 atom stereocenters. The van der Waals surface area contributed by atoms with E-state index >= 15 is 4.79 Å². The Morgan fingerprint density at radius 2 is 1.71 bits per heavy atom. The molecule has 0 unspecified atom stereocenters. The van der Waals surface area contributed by atoms with E-state index in [1.54, 1.807) is 30.3 Å². The van der Waals surface area contributed by atoms with Gasteiger partial charge in [-0.1, -0.05) is 77.9 Å². The number of methoxy groups -OCH3 is 1. The SMILES string of the molecule is COc1cc(C=C[C@H]2C3=CC[C@@H]4C(=O)N(C(N)=O)C(=O)[C@@H]4[C@@H]3C[C@H]3C(=O)N(Nc4ccc(C)cc4)C(=O)[C@@]23c2ccccc2)ccc1O. The Kier molecular flexibility index (Phi) is 7.42. The van der Waals surface area contributed by atoms with E-state index in [4.69, 9.17) is 10.5 Å². The van der Waals surface area contributed by atoms with Gasteiger partial charge >= 0.3 is 6.03 Å². The monoisotopic (exact) mass is 646 g/mol. The summed E-state index contributed by atoms with van der Waals surface area (Å²) in [5.41, 5.74) is 10.7. The van der Waals surface area contributed by atoms with Crippen LogP contribution < -0.4 is 15.9 Å². The van der Waals surface area contributed by atoms with E-state index in [9.17, 15) is 24.3 Å². The lowest BCUT2D eigenvalue weighted by Crippen LogP contribution is -2.54. The van der Waals surface area contributed by atoms with Crippen molar-refractivity contribution in [1.29, 1.82) is 0 Å². The van der Waals surface area contributed by atoms with E-state index in [1.165, 1.54) is 13.2 Å². The van der Waals surface area contributed by atoms with Crippen molar-refractivity contribution in [2.45, 2.75) is 25.2 Å². The highest BCUT2D eigenvalue weighted by Crippen LogP contribution is 2.61. The molecule has 3 aromatic carbocycles. The van der Waals surface area contributed by atoms with Crippen LogP contribution >= 0.6 is 0 Å². The number of aryl methyl sites for hydroxylation is 1. The molecule has 0 aromatic heterocycles. The highest BCUT2D eigenvalue weighted by Gasteiger charge is 2.69. The molecule has 2 aliphatic carbocycles. The molecule has 7 rings (SSSR count). The van der Waals surface area contributed by atoms with Gasteiger partial charge in [-0.15, -0.1) is 0 Å². The lowest BCUT2D eigenvalue weighted by Gasteiger charge is -2.49. The number of nitrogens with two attached hydrogens (primary N) is 1. The van der Waals surface area contributed by atoms with Crippen LogP contribution in [0.3, 0.4) is 0 Å². The Hall–Kier alpha value is -5.71. The number of nitrogens with zero attached hydrogens (tertiary/aromatic N) is 2. The summed E-state index contributed by atoms with van der Waals surface area (Å²) in [5.74, 6) is -6.01. The fourth-order valence-electron chi connectivity index (χ4n) is 8.22. The standard InChI is InChI=1S/C37H34N4O7/c1-20-8-12-23(13-9-20)39-41-33(44)28-19-26-24(14-15-25-31(26)34(45)40(32(25)43)36(38)47)27(16-10-21-11-17-29(42)30(18-21)48-2)37(28,35(41)46)22-6-4-3-5-7-22/h3-14,16-18,25-28,31,39,42H,15,19H2,1-2H3,(H2,38,47)/t25-,26+,27-,28-,31-,37-/m0/s1. The molecule has 0 spiro atoms. The Labute approximate surface area is 276 Å². The van der Waals surface area contributed by atoms with Crippen molar-refractivity contribution in [2.75, 3.05) is 12.5 Å². The van der Waals surface area contributed by atoms with Gasteiger partial charge in [-0.3, -0.25) is 24.6 Å². The number of benzene rings is 3. The van der Waals surface area contributed by atoms with Gasteiger partial charge < -0.3 is 15.6 Å². The number of rotatable bonds is 6.